The molecule has 0 saturated carbocycles. The minimum Gasteiger partial charge on any atom is -0.348 e. The van der Waals surface area contributed by atoms with E-state index in [9.17, 15) is 9.18 Å². The van der Waals surface area contributed by atoms with E-state index in [-0.39, 0.29) is 17.5 Å². The summed E-state index contributed by atoms with van der Waals surface area (Å²) in [5.74, 6) is -0.709. The highest BCUT2D eigenvalue weighted by Crippen LogP contribution is 2.16. The van der Waals surface area contributed by atoms with Crippen LogP contribution < -0.4 is 5.32 Å². The summed E-state index contributed by atoms with van der Waals surface area (Å²) in [5, 5.41) is 9.20. The second-order valence-corrected chi connectivity index (χ2v) is 4.25. The minimum atomic E-state index is -0.475. The fourth-order valence-corrected chi connectivity index (χ4v) is 1.71. The lowest BCUT2D eigenvalue weighted by atomic mass is 10.2. The molecule has 0 atom stereocenters. The van der Waals surface area contributed by atoms with Crippen LogP contribution in [0.4, 0.5) is 4.39 Å². The maximum atomic E-state index is 12.9. The van der Waals surface area contributed by atoms with Gasteiger partial charge in [0.25, 0.3) is 5.91 Å². The first-order valence-electron chi connectivity index (χ1n) is 5.30. The molecule has 6 heteroatoms. The number of aromatic amines is 1. The SMILES string of the molecule is Cc1[nH]ncc1C(=O)NCc1ccc(F)c(Cl)c1. The zero-order valence-electron chi connectivity index (χ0n) is 9.63. The number of carbonyl (C=O) groups is 1. The van der Waals surface area contributed by atoms with Gasteiger partial charge in [0, 0.05) is 12.2 Å². The molecule has 2 aromatic rings. The Morgan fingerprint density at radius 2 is 2.33 bits per heavy atom. The van der Waals surface area contributed by atoms with E-state index < -0.39 is 5.82 Å². The van der Waals surface area contributed by atoms with Crippen LogP contribution in [-0.2, 0) is 6.54 Å². The fourth-order valence-electron chi connectivity index (χ4n) is 1.51. The molecule has 1 amide bonds. The third-order valence-electron chi connectivity index (χ3n) is 2.51. The molecule has 0 radical (unpaired) electrons. The van der Waals surface area contributed by atoms with Gasteiger partial charge >= 0.3 is 0 Å². The van der Waals surface area contributed by atoms with Crippen molar-refractivity contribution in [3.63, 3.8) is 0 Å². The lowest BCUT2D eigenvalue weighted by Gasteiger charge is -2.05. The van der Waals surface area contributed by atoms with Crippen LogP contribution in [0, 0.1) is 12.7 Å². The highest BCUT2D eigenvalue weighted by molar-refractivity contribution is 6.30. The molecule has 2 N–H and O–H groups in total. The maximum Gasteiger partial charge on any atom is 0.255 e. The van der Waals surface area contributed by atoms with E-state index in [1.54, 1.807) is 13.0 Å². The Hall–Kier alpha value is -1.88. The average molecular weight is 268 g/mol. The number of carbonyl (C=O) groups excluding carboxylic acids is 1. The van der Waals surface area contributed by atoms with Crippen LogP contribution in [0.2, 0.25) is 5.02 Å². The first-order chi connectivity index (χ1) is 8.58. The van der Waals surface area contributed by atoms with Crippen molar-refractivity contribution in [3.05, 3.63) is 52.1 Å². The Bertz CT molecular complexity index is 582. The normalized spacial score (nSPS) is 10.4. The summed E-state index contributed by atoms with van der Waals surface area (Å²) in [7, 11) is 0. The molecule has 0 aliphatic rings. The number of H-pyrrole nitrogens is 1. The number of hydrogen-bond acceptors (Lipinski definition) is 2. The molecule has 0 unspecified atom stereocenters. The van der Waals surface area contributed by atoms with Crippen LogP contribution in [0.3, 0.4) is 0 Å². The number of aryl methyl sites for hydroxylation is 1. The van der Waals surface area contributed by atoms with Crippen LogP contribution in [0.1, 0.15) is 21.6 Å². The molecule has 0 bridgehead atoms. The molecule has 18 heavy (non-hydrogen) atoms. The van der Waals surface area contributed by atoms with Crippen molar-refractivity contribution < 1.29 is 9.18 Å². The predicted octanol–water partition coefficient (Wildman–Crippen LogP) is 2.44. The van der Waals surface area contributed by atoms with Crippen LogP contribution >= 0.6 is 11.6 Å². The zero-order chi connectivity index (χ0) is 13.1. The summed E-state index contributed by atoms with van der Waals surface area (Å²) < 4.78 is 12.9. The van der Waals surface area contributed by atoms with Crippen LogP contribution in [0.25, 0.3) is 0 Å². The van der Waals surface area contributed by atoms with Crippen molar-refractivity contribution in [3.8, 4) is 0 Å². The molecule has 1 heterocycles. The second kappa shape index (κ2) is 5.18. The fraction of sp³-hybridized carbons (Fsp3) is 0.167. The quantitative estimate of drug-likeness (QED) is 0.897. The van der Waals surface area contributed by atoms with Gasteiger partial charge in [-0.15, -0.1) is 0 Å². The molecule has 4 nitrogen and oxygen atoms in total. The Kier molecular flexibility index (Phi) is 3.62. The smallest absolute Gasteiger partial charge is 0.255 e. The minimum absolute atomic E-state index is 0.0428. The number of nitrogens with one attached hydrogen (secondary N) is 2. The largest absolute Gasteiger partial charge is 0.348 e. The van der Waals surface area contributed by atoms with E-state index >= 15 is 0 Å². The van der Waals surface area contributed by atoms with Gasteiger partial charge in [-0.25, -0.2) is 4.39 Å². The Morgan fingerprint density at radius 1 is 1.56 bits per heavy atom. The Morgan fingerprint density at radius 3 is 2.94 bits per heavy atom. The van der Waals surface area contributed by atoms with Crippen LogP contribution in [0.15, 0.2) is 24.4 Å². The summed E-state index contributed by atoms with van der Waals surface area (Å²) >= 11 is 5.65. The number of nitrogens with zero attached hydrogens (tertiary/aromatic N) is 1. The number of halogens is 2. The highest BCUT2D eigenvalue weighted by atomic mass is 35.5. The van der Waals surface area contributed by atoms with E-state index in [0.717, 1.165) is 5.56 Å². The van der Waals surface area contributed by atoms with Crippen LogP contribution in [-0.4, -0.2) is 16.1 Å². The van der Waals surface area contributed by atoms with Crippen molar-refractivity contribution in [2.75, 3.05) is 0 Å². The van der Waals surface area contributed by atoms with Gasteiger partial charge in [0.15, 0.2) is 0 Å². The topological polar surface area (TPSA) is 57.8 Å². The monoisotopic (exact) mass is 267 g/mol. The molecule has 1 aromatic heterocycles. The van der Waals surface area contributed by atoms with Crippen molar-refractivity contribution in [2.45, 2.75) is 13.5 Å². The number of amides is 1. The second-order valence-electron chi connectivity index (χ2n) is 3.84. The molecule has 1 aromatic carbocycles. The first-order valence-corrected chi connectivity index (χ1v) is 5.68. The summed E-state index contributed by atoms with van der Waals surface area (Å²) in [6.07, 6.45) is 1.46. The average Bonchev–Trinajstić information content (AvgIpc) is 2.77. The van der Waals surface area contributed by atoms with Gasteiger partial charge in [0.2, 0.25) is 0 Å². The molecule has 0 aliphatic heterocycles. The molecule has 0 aliphatic carbocycles. The molecular weight excluding hydrogens is 257 g/mol. The standard InChI is InChI=1S/C12H11ClFN3O/c1-7-9(6-16-17-7)12(18)15-5-8-2-3-11(14)10(13)4-8/h2-4,6H,5H2,1H3,(H,15,18)(H,16,17). The number of hydrogen-bond donors (Lipinski definition) is 2. The lowest BCUT2D eigenvalue weighted by molar-refractivity contribution is 0.0950. The third kappa shape index (κ3) is 2.68. The number of aromatic nitrogens is 2. The molecule has 0 saturated heterocycles. The van der Waals surface area contributed by atoms with E-state index in [4.69, 9.17) is 11.6 Å². The number of benzene rings is 1. The summed E-state index contributed by atoms with van der Waals surface area (Å²) in [6, 6.07) is 4.33. The molecule has 94 valence electrons. The van der Waals surface area contributed by atoms with Gasteiger partial charge < -0.3 is 5.32 Å². The summed E-state index contributed by atoms with van der Waals surface area (Å²) in [4.78, 5) is 11.8. The van der Waals surface area contributed by atoms with Crippen LogP contribution in [0.5, 0.6) is 0 Å². The zero-order valence-corrected chi connectivity index (χ0v) is 10.4. The van der Waals surface area contributed by atoms with Gasteiger partial charge in [-0.2, -0.15) is 5.10 Å². The third-order valence-corrected chi connectivity index (χ3v) is 2.80. The van der Waals surface area contributed by atoms with Gasteiger partial charge in [-0.3, -0.25) is 9.89 Å². The first kappa shape index (κ1) is 12.6. The van der Waals surface area contributed by atoms with Crippen molar-refractivity contribution in [1.29, 1.82) is 0 Å². The van der Waals surface area contributed by atoms with Crippen molar-refractivity contribution in [1.82, 2.24) is 15.5 Å². The Balaban J connectivity index is 2.02. The van der Waals surface area contributed by atoms with E-state index in [1.165, 1.54) is 18.3 Å². The highest BCUT2D eigenvalue weighted by Gasteiger charge is 2.10. The number of rotatable bonds is 3. The van der Waals surface area contributed by atoms with E-state index in [2.05, 4.69) is 15.5 Å². The molecular formula is C12H11ClFN3O. The molecule has 2 rings (SSSR count). The van der Waals surface area contributed by atoms with Crippen molar-refractivity contribution >= 4 is 17.5 Å². The predicted molar refractivity (Wildman–Crippen MR) is 65.9 cm³/mol. The summed E-state index contributed by atoms with van der Waals surface area (Å²) in [6.45, 7) is 2.04. The van der Waals surface area contributed by atoms with Crippen molar-refractivity contribution in [2.24, 2.45) is 0 Å². The van der Waals surface area contributed by atoms with Gasteiger partial charge in [0.05, 0.1) is 16.8 Å². The van der Waals surface area contributed by atoms with Gasteiger partial charge in [-0.1, -0.05) is 17.7 Å². The summed E-state index contributed by atoms with van der Waals surface area (Å²) in [5.41, 5.74) is 1.92. The maximum absolute atomic E-state index is 12.9. The molecule has 0 fully saturated rings. The lowest BCUT2D eigenvalue weighted by Crippen LogP contribution is -2.23. The van der Waals surface area contributed by atoms with E-state index in [0.29, 0.717) is 11.3 Å². The van der Waals surface area contributed by atoms with Gasteiger partial charge in [0.1, 0.15) is 5.82 Å². The molecule has 0 spiro atoms. The van der Waals surface area contributed by atoms with E-state index in [1.807, 2.05) is 0 Å². The van der Waals surface area contributed by atoms with Gasteiger partial charge in [-0.05, 0) is 24.6 Å². The Labute approximate surface area is 108 Å².